The summed E-state index contributed by atoms with van der Waals surface area (Å²) in [6.07, 6.45) is 0. The zero-order valence-electron chi connectivity index (χ0n) is 14.8. The molecule has 0 aliphatic carbocycles. The van der Waals surface area contributed by atoms with E-state index in [4.69, 9.17) is 11.6 Å². The van der Waals surface area contributed by atoms with Crippen LogP contribution >= 0.6 is 23.4 Å². The molecule has 1 amide bonds. The Balaban J connectivity index is 1.72. The molecule has 0 bridgehead atoms. The molecular weight excluding hydrogens is 374 g/mol. The average molecular weight is 394 g/mol. The van der Waals surface area contributed by atoms with Crippen molar-refractivity contribution in [1.29, 1.82) is 0 Å². The zero-order chi connectivity index (χ0) is 18.6. The summed E-state index contributed by atoms with van der Waals surface area (Å²) in [7, 11) is 0. The average Bonchev–Trinajstić information content (AvgIpc) is 3.20. The van der Waals surface area contributed by atoms with Gasteiger partial charge < -0.3 is 4.90 Å². The number of halogens is 1. The number of amides is 1. The van der Waals surface area contributed by atoms with Crippen molar-refractivity contribution in [3.05, 3.63) is 107 Å². The Hall–Kier alpha value is -2.23. The third-order valence-corrected chi connectivity index (χ3v) is 6.44. The molecule has 0 saturated carbocycles. The molecule has 4 heteroatoms. The highest BCUT2D eigenvalue weighted by Gasteiger charge is 2.36. The highest BCUT2D eigenvalue weighted by atomic mass is 35.5. The van der Waals surface area contributed by atoms with Crippen LogP contribution < -0.4 is 0 Å². The van der Waals surface area contributed by atoms with Crippen LogP contribution in [0.15, 0.2) is 84.9 Å². The maximum Gasteiger partial charge on any atom is 0.235 e. The number of nitrogens with zero attached hydrogens (tertiary/aromatic N) is 1. The van der Waals surface area contributed by atoms with E-state index in [0.717, 1.165) is 29.0 Å². The van der Waals surface area contributed by atoms with Crippen LogP contribution in [0, 0.1) is 0 Å². The second-order valence-electron chi connectivity index (χ2n) is 6.53. The summed E-state index contributed by atoms with van der Waals surface area (Å²) in [5.41, 5.74) is 3.04. The first kappa shape index (κ1) is 18.1. The van der Waals surface area contributed by atoms with Crippen LogP contribution in [0.3, 0.4) is 0 Å². The third kappa shape index (κ3) is 3.76. The molecule has 1 heterocycles. The summed E-state index contributed by atoms with van der Waals surface area (Å²) >= 11 is 8.21. The Morgan fingerprint density at radius 2 is 1.44 bits per heavy atom. The van der Waals surface area contributed by atoms with E-state index in [1.807, 2.05) is 89.8 Å². The topological polar surface area (TPSA) is 20.3 Å². The molecule has 0 radical (unpaired) electrons. The number of hydrogen-bond acceptors (Lipinski definition) is 2. The molecule has 1 unspecified atom stereocenters. The van der Waals surface area contributed by atoms with Gasteiger partial charge in [0.1, 0.15) is 5.37 Å². The van der Waals surface area contributed by atoms with Gasteiger partial charge in [-0.05, 0) is 17.2 Å². The quantitative estimate of drug-likeness (QED) is 0.562. The lowest BCUT2D eigenvalue weighted by Crippen LogP contribution is -2.35. The second kappa shape index (κ2) is 8.20. The van der Waals surface area contributed by atoms with Crippen molar-refractivity contribution in [2.75, 3.05) is 12.3 Å². The fraction of sp³-hybridized carbons (Fsp3) is 0.174. The monoisotopic (exact) mass is 393 g/mol. The fourth-order valence-corrected chi connectivity index (χ4v) is 5.17. The molecule has 3 aromatic rings. The van der Waals surface area contributed by atoms with Crippen LogP contribution in [0.25, 0.3) is 0 Å². The van der Waals surface area contributed by atoms with Crippen LogP contribution in [-0.4, -0.2) is 23.1 Å². The molecule has 4 rings (SSSR count). The summed E-state index contributed by atoms with van der Waals surface area (Å²) in [6, 6.07) is 27.9. The fourth-order valence-electron chi connectivity index (χ4n) is 3.56. The van der Waals surface area contributed by atoms with E-state index < -0.39 is 0 Å². The minimum absolute atomic E-state index is 0.0406. The number of carbonyl (C=O) groups excluding carboxylic acids is 1. The summed E-state index contributed by atoms with van der Waals surface area (Å²) < 4.78 is 0. The molecule has 1 aliphatic heterocycles. The van der Waals surface area contributed by atoms with Crippen molar-refractivity contribution < 1.29 is 4.79 Å². The first-order chi connectivity index (χ1) is 13.3. The molecule has 1 fully saturated rings. The van der Waals surface area contributed by atoms with E-state index in [0.29, 0.717) is 5.02 Å². The normalized spacial score (nSPS) is 16.7. The summed E-state index contributed by atoms with van der Waals surface area (Å²) in [5, 5.41) is 0.673. The Bertz CT molecular complexity index is 876. The lowest BCUT2D eigenvalue weighted by molar-refractivity contribution is -0.132. The van der Waals surface area contributed by atoms with Gasteiger partial charge in [-0.2, -0.15) is 0 Å². The van der Waals surface area contributed by atoms with Gasteiger partial charge in [-0.15, -0.1) is 11.8 Å². The third-order valence-electron chi connectivity index (χ3n) is 4.86. The van der Waals surface area contributed by atoms with Gasteiger partial charge in [0, 0.05) is 22.9 Å². The second-order valence-corrected chi connectivity index (χ2v) is 8.13. The summed E-state index contributed by atoms with van der Waals surface area (Å²) in [6.45, 7) is 0.732. The maximum absolute atomic E-state index is 13.7. The number of hydrogen-bond donors (Lipinski definition) is 0. The van der Waals surface area contributed by atoms with E-state index in [2.05, 4.69) is 0 Å². The van der Waals surface area contributed by atoms with E-state index in [-0.39, 0.29) is 17.2 Å². The van der Waals surface area contributed by atoms with Crippen molar-refractivity contribution in [3.63, 3.8) is 0 Å². The van der Waals surface area contributed by atoms with Crippen molar-refractivity contribution in [3.8, 4) is 0 Å². The maximum atomic E-state index is 13.7. The van der Waals surface area contributed by atoms with Crippen LogP contribution in [0.1, 0.15) is 28.0 Å². The van der Waals surface area contributed by atoms with Gasteiger partial charge in [0.15, 0.2) is 0 Å². The van der Waals surface area contributed by atoms with Crippen molar-refractivity contribution in [1.82, 2.24) is 4.90 Å². The van der Waals surface area contributed by atoms with Crippen LogP contribution in [0.5, 0.6) is 0 Å². The molecule has 136 valence electrons. The lowest BCUT2D eigenvalue weighted by Gasteiger charge is -2.29. The standard InChI is InChI=1S/C23H20ClNOS/c24-20-14-8-7-13-19(20)23-25(15-16-27-23)22(26)21(17-9-3-1-4-10-17)18-11-5-2-6-12-18/h1-14,21,23H,15-16H2. The Kier molecular flexibility index (Phi) is 5.51. The van der Waals surface area contributed by atoms with Crippen molar-refractivity contribution in [2.24, 2.45) is 0 Å². The molecule has 2 nitrogen and oxygen atoms in total. The van der Waals surface area contributed by atoms with E-state index in [9.17, 15) is 4.79 Å². The SMILES string of the molecule is O=C(C(c1ccccc1)c1ccccc1)N1CCSC1c1ccccc1Cl. The van der Waals surface area contributed by atoms with Crippen LogP contribution in [0.4, 0.5) is 0 Å². The van der Waals surface area contributed by atoms with Crippen LogP contribution in [-0.2, 0) is 4.79 Å². The van der Waals surface area contributed by atoms with Crippen LogP contribution in [0.2, 0.25) is 5.02 Å². The zero-order valence-corrected chi connectivity index (χ0v) is 16.4. The van der Waals surface area contributed by atoms with Crippen molar-refractivity contribution in [2.45, 2.75) is 11.3 Å². The lowest BCUT2D eigenvalue weighted by atomic mass is 9.90. The molecule has 0 aromatic heterocycles. The molecule has 3 aromatic carbocycles. The Morgan fingerprint density at radius 1 is 0.889 bits per heavy atom. The van der Waals surface area contributed by atoms with Gasteiger partial charge in [0.25, 0.3) is 0 Å². The van der Waals surface area contributed by atoms with Crippen molar-refractivity contribution >= 4 is 29.3 Å². The smallest absolute Gasteiger partial charge is 0.235 e. The Morgan fingerprint density at radius 3 is 2.04 bits per heavy atom. The van der Waals surface area contributed by atoms with Gasteiger partial charge in [0.2, 0.25) is 5.91 Å². The summed E-state index contributed by atoms with van der Waals surface area (Å²) in [5.74, 6) is 0.733. The number of rotatable bonds is 4. The molecule has 1 aliphatic rings. The molecule has 1 atom stereocenters. The minimum Gasteiger partial charge on any atom is -0.325 e. The predicted molar refractivity (Wildman–Crippen MR) is 113 cm³/mol. The highest BCUT2D eigenvalue weighted by molar-refractivity contribution is 7.99. The molecule has 0 spiro atoms. The molecule has 1 saturated heterocycles. The van der Waals surface area contributed by atoms with Gasteiger partial charge >= 0.3 is 0 Å². The largest absolute Gasteiger partial charge is 0.325 e. The number of carbonyl (C=O) groups is 1. The molecule has 27 heavy (non-hydrogen) atoms. The van der Waals surface area contributed by atoms with Gasteiger partial charge in [-0.25, -0.2) is 0 Å². The predicted octanol–water partition coefficient (Wildman–Crippen LogP) is 5.75. The Labute approximate surface area is 169 Å². The van der Waals surface area contributed by atoms with E-state index >= 15 is 0 Å². The first-order valence-corrected chi connectivity index (χ1v) is 10.4. The molecule has 0 N–H and O–H groups in total. The van der Waals surface area contributed by atoms with Gasteiger partial charge in [-0.3, -0.25) is 4.79 Å². The summed E-state index contributed by atoms with van der Waals surface area (Å²) in [4.78, 5) is 15.7. The minimum atomic E-state index is -0.309. The highest BCUT2D eigenvalue weighted by Crippen LogP contribution is 2.43. The van der Waals surface area contributed by atoms with E-state index in [1.165, 1.54) is 0 Å². The van der Waals surface area contributed by atoms with E-state index in [1.54, 1.807) is 11.8 Å². The number of benzene rings is 3. The number of thioether (sulfide) groups is 1. The molecular formula is C23H20ClNOS. The van der Waals surface area contributed by atoms with Gasteiger partial charge in [0.05, 0.1) is 5.92 Å². The first-order valence-electron chi connectivity index (χ1n) is 9.02. The van der Waals surface area contributed by atoms with Gasteiger partial charge in [-0.1, -0.05) is 90.5 Å².